The number of anilines is 1. The van der Waals surface area contributed by atoms with Crippen molar-refractivity contribution in [3.63, 3.8) is 0 Å². The minimum atomic E-state index is -0.385. The molecule has 1 heterocycles. The molecule has 0 aliphatic heterocycles. The standard InChI is InChI=1S/C21H31N5O4/c1-5-25(14-7-6-8-17-9-11-18(12-10-17)26(29)30)15-13-22-19-16(2)20(27)24(4)21(28)23(19)3/h9-12,22H,5-8,13-15H2,1-4H3. The van der Waals surface area contributed by atoms with Gasteiger partial charge in [-0.3, -0.25) is 24.0 Å². The average molecular weight is 418 g/mol. The highest BCUT2D eigenvalue weighted by molar-refractivity contribution is 5.42. The number of likely N-dealkylation sites (N-methyl/N-ethyl adjacent to an activating group) is 1. The number of nitro benzene ring substituents is 1. The molecule has 0 spiro atoms. The Balaban J connectivity index is 1.79. The van der Waals surface area contributed by atoms with Crippen molar-refractivity contribution in [3.05, 3.63) is 66.3 Å². The Morgan fingerprint density at radius 1 is 1.07 bits per heavy atom. The Hall–Kier alpha value is -2.94. The molecule has 2 aromatic rings. The molecule has 0 aliphatic rings. The number of aryl methyl sites for hydroxylation is 1. The molecule has 0 saturated carbocycles. The number of nitrogens with zero attached hydrogens (tertiary/aromatic N) is 4. The monoisotopic (exact) mass is 417 g/mol. The number of rotatable bonds is 11. The van der Waals surface area contributed by atoms with Crippen LogP contribution in [0.4, 0.5) is 11.5 Å². The Labute approximate surface area is 176 Å². The van der Waals surface area contributed by atoms with E-state index >= 15 is 0 Å². The number of unbranched alkanes of at least 4 members (excludes halogenated alkanes) is 1. The quantitative estimate of drug-likeness (QED) is 0.341. The molecule has 9 nitrogen and oxygen atoms in total. The molecule has 0 atom stereocenters. The van der Waals surface area contributed by atoms with Crippen molar-refractivity contribution in [1.82, 2.24) is 14.0 Å². The van der Waals surface area contributed by atoms with E-state index in [-0.39, 0.29) is 21.9 Å². The summed E-state index contributed by atoms with van der Waals surface area (Å²) in [4.78, 5) is 36.9. The SMILES string of the molecule is CCN(CCCCc1ccc([N+](=O)[O-])cc1)CCNc1c(C)c(=O)n(C)c(=O)n1C. The van der Waals surface area contributed by atoms with Crippen molar-refractivity contribution in [2.75, 3.05) is 31.5 Å². The summed E-state index contributed by atoms with van der Waals surface area (Å²) in [6.07, 6.45) is 2.92. The van der Waals surface area contributed by atoms with Crippen molar-refractivity contribution >= 4 is 11.5 Å². The molecule has 1 aromatic carbocycles. The average Bonchev–Trinajstić information content (AvgIpc) is 2.75. The Morgan fingerprint density at radius 3 is 2.33 bits per heavy atom. The Kier molecular flexibility index (Phi) is 8.35. The zero-order valence-electron chi connectivity index (χ0n) is 18.2. The van der Waals surface area contributed by atoms with Gasteiger partial charge >= 0.3 is 5.69 Å². The van der Waals surface area contributed by atoms with Crippen molar-refractivity contribution in [1.29, 1.82) is 0 Å². The number of hydrogen-bond donors (Lipinski definition) is 1. The molecular weight excluding hydrogens is 386 g/mol. The third-order valence-electron chi connectivity index (χ3n) is 5.39. The third-order valence-corrected chi connectivity index (χ3v) is 5.39. The first-order chi connectivity index (χ1) is 14.3. The summed E-state index contributed by atoms with van der Waals surface area (Å²) < 4.78 is 2.58. The van der Waals surface area contributed by atoms with Crippen molar-refractivity contribution in [2.24, 2.45) is 14.1 Å². The molecule has 0 bridgehead atoms. The van der Waals surface area contributed by atoms with Crippen LogP contribution in [0.5, 0.6) is 0 Å². The fourth-order valence-electron chi connectivity index (χ4n) is 3.47. The van der Waals surface area contributed by atoms with Crippen LogP contribution in [-0.4, -0.2) is 45.1 Å². The van der Waals surface area contributed by atoms with E-state index in [2.05, 4.69) is 17.1 Å². The second-order valence-electron chi connectivity index (χ2n) is 7.42. The number of nitro groups is 1. The minimum Gasteiger partial charge on any atom is -0.370 e. The van der Waals surface area contributed by atoms with Crippen LogP contribution >= 0.6 is 0 Å². The maximum Gasteiger partial charge on any atom is 0.332 e. The van der Waals surface area contributed by atoms with Gasteiger partial charge in [0.05, 0.1) is 10.5 Å². The topological polar surface area (TPSA) is 102 Å². The van der Waals surface area contributed by atoms with Crippen LogP contribution in [0, 0.1) is 17.0 Å². The van der Waals surface area contributed by atoms with Crippen LogP contribution in [0.15, 0.2) is 33.9 Å². The van der Waals surface area contributed by atoms with Gasteiger partial charge in [0.25, 0.3) is 11.2 Å². The highest BCUT2D eigenvalue weighted by Gasteiger charge is 2.12. The van der Waals surface area contributed by atoms with E-state index in [1.807, 2.05) is 12.1 Å². The first-order valence-corrected chi connectivity index (χ1v) is 10.2. The predicted octanol–water partition coefficient (Wildman–Crippen LogP) is 2.06. The van der Waals surface area contributed by atoms with Gasteiger partial charge in [-0.25, -0.2) is 4.79 Å². The number of benzene rings is 1. The van der Waals surface area contributed by atoms with Crippen LogP contribution in [0.2, 0.25) is 0 Å². The van der Waals surface area contributed by atoms with E-state index in [0.29, 0.717) is 17.9 Å². The highest BCUT2D eigenvalue weighted by Crippen LogP contribution is 2.14. The number of nitrogens with one attached hydrogen (secondary N) is 1. The largest absolute Gasteiger partial charge is 0.370 e. The smallest absolute Gasteiger partial charge is 0.332 e. The maximum atomic E-state index is 12.1. The molecule has 0 saturated heterocycles. The van der Waals surface area contributed by atoms with Gasteiger partial charge in [0.15, 0.2) is 0 Å². The van der Waals surface area contributed by atoms with Gasteiger partial charge < -0.3 is 10.2 Å². The minimum absolute atomic E-state index is 0.118. The van der Waals surface area contributed by atoms with E-state index in [9.17, 15) is 19.7 Å². The van der Waals surface area contributed by atoms with E-state index in [1.54, 1.807) is 26.1 Å². The summed E-state index contributed by atoms with van der Waals surface area (Å²) >= 11 is 0. The first-order valence-electron chi connectivity index (χ1n) is 10.2. The molecule has 0 aliphatic carbocycles. The van der Waals surface area contributed by atoms with Gasteiger partial charge in [0, 0.05) is 39.3 Å². The van der Waals surface area contributed by atoms with Crippen molar-refractivity contribution < 1.29 is 4.92 Å². The summed E-state index contributed by atoms with van der Waals surface area (Å²) in [5.74, 6) is 0.567. The van der Waals surface area contributed by atoms with Gasteiger partial charge in [-0.05, 0) is 44.8 Å². The summed E-state index contributed by atoms with van der Waals surface area (Å²) in [5, 5.41) is 13.9. The molecule has 1 aromatic heterocycles. The van der Waals surface area contributed by atoms with E-state index < -0.39 is 0 Å². The van der Waals surface area contributed by atoms with Gasteiger partial charge in [0.1, 0.15) is 5.82 Å². The van der Waals surface area contributed by atoms with Crippen LogP contribution < -0.4 is 16.6 Å². The normalized spacial score (nSPS) is 11.1. The van der Waals surface area contributed by atoms with E-state index in [1.165, 1.54) is 11.6 Å². The molecule has 0 amide bonds. The van der Waals surface area contributed by atoms with Gasteiger partial charge in [-0.1, -0.05) is 19.1 Å². The number of non-ortho nitro benzene ring substituents is 1. The molecule has 0 unspecified atom stereocenters. The molecule has 1 N–H and O–H groups in total. The first kappa shape index (κ1) is 23.3. The van der Waals surface area contributed by atoms with Crippen molar-refractivity contribution in [2.45, 2.75) is 33.1 Å². The highest BCUT2D eigenvalue weighted by atomic mass is 16.6. The third kappa shape index (κ3) is 5.79. The van der Waals surface area contributed by atoms with Crippen LogP contribution in [0.3, 0.4) is 0 Å². The summed E-state index contributed by atoms with van der Waals surface area (Å²) in [7, 11) is 3.14. The predicted molar refractivity (Wildman–Crippen MR) is 118 cm³/mol. The molecule has 0 fully saturated rings. The van der Waals surface area contributed by atoms with Gasteiger partial charge in [0.2, 0.25) is 0 Å². The van der Waals surface area contributed by atoms with E-state index in [4.69, 9.17) is 0 Å². The lowest BCUT2D eigenvalue weighted by atomic mass is 10.1. The fourth-order valence-corrected chi connectivity index (χ4v) is 3.47. The maximum absolute atomic E-state index is 12.1. The molecule has 0 radical (unpaired) electrons. The summed E-state index contributed by atoms with van der Waals surface area (Å²) in [6.45, 7) is 7.12. The fraction of sp³-hybridized carbons (Fsp3) is 0.524. The summed E-state index contributed by atoms with van der Waals surface area (Å²) in [5.41, 5.74) is 1.14. The Bertz CT molecular complexity index is 941. The molecule has 164 valence electrons. The molecule has 9 heteroatoms. The van der Waals surface area contributed by atoms with Crippen LogP contribution in [-0.2, 0) is 20.5 Å². The van der Waals surface area contributed by atoms with Gasteiger partial charge in [-0.15, -0.1) is 0 Å². The summed E-state index contributed by atoms with van der Waals surface area (Å²) in [6, 6.07) is 6.73. The second-order valence-corrected chi connectivity index (χ2v) is 7.42. The lowest BCUT2D eigenvalue weighted by molar-refractivity contribution is -0.384. The van der Waals surface area contributed by atoms with Crippen LogP contribution in [0.1, 0.15) is 30.9 Å². The second kappa shape index (κ2) is 10.7. The van der Waals surface area contributed by atoms with Crippen LogP contribution in [0.25, 0.3) is 0 Å². The van der Waals surface area contributed by atoms with E-state index in [0.717, 1.165) is 49.0 Å². The molecular formula is C21H31N5O4. The van der Waals surface area contributed by atoms with Gasteiger partial charge in [-0.2, -0.15) is 0 Å². The number of hydrogen-bond acceptors (Lipinski definition) is 6. The molecule has 30 heavy (non-hydrogen) atoms. The van der Waals surface area contributed by atoms with Crippen molar-refractivity contribution in [3.8, 4) is 0 Å². The zero-order valence-corrected chi connectivity index (χ0v) is 18.2. The number of aromatic nitrogens is 2. The zero-order chi connectivity index (χ0) is 22.3. The Morgan fingerprint density at radius 2 is 1.73 bits per heavy atom. The lowest BCUT2D eigenvalue weighted by Gasteiger charge is -2.22. The molecule has 2 rings (SSSR count). The lowest BCUT2D eigenvalue weighted by Crippen LogP contribution is -2.40.